The summed E-state index contributed by atoms with van der Waals surface area (Å²) in [6, 6.07) is 7.36. The van der Waals surface area contributed by atoms with Crippen molar-refractivity contribution in [3.05, 3.63) is 46.8 Å². The molecule has 13 heteroatoms. The van der Waals surface area contributed by atoms with Gasteiger partial charge in [-0.3, -0.25) is 9.48 Å². The highest BCUT2D eigenvalue weighted by Crippen LogP contribution is 2.49. The summed E-state index contributed by atoms with van der Waals surface area (Å²) in [5.74, 6) is -0.223. The van der Waals surface area contributed by atoms with Gasteiger partial charge in [0.2, 0.25) is 0 Å². The molecule has 1 aromatic carbocycles. The normalized spacial score (nSPS) is 16.3. The number of methoxy groups -OCH3 is 1. The fourth-order valence-electron chi connectivity index (χ4n) is 5.26. The molecular formula is C29H40BrN3O8S. The molecule has 2 heterocycles. The van der Waals surface area contributed by atoms with Gasteiger partial charge in [0.15, 0.2) is 15.5 Å². The van der Waals surface area contributed by atoms with Crippen LogP contribution in [0.3, 0.4) is 0 Å². The molecular weight excluding hydrogens is 630 g/mol. The van der Waals surface area contributed by atoms with Gasteiger partial charge in [-0.1, -0.05) is 28.1 Å². The molecule has 1 aliphatic carbocycles. The van der Waals surface area contributed by atoms with Crippen molar-refractivity contribution in [2.75, 3.05) is 58.6 Å². The maximum absolute atomic E-state index is 14.0. The SMILES string of the molecule is CCOC(=O)c1nn(Cc2ccc(OC)cc2)c2c1CCN(CC1(S(=O)(=O)C(C)(C)COCCOCCBr)CC1)C2=O. The van der Waals surface area contributed by atoms with Crippen LogP contribution in [-0.2, 0) is 37.0 Å². The van der Waals surface area contributed by atoms with E-state index in [1.54, 1.807) is 32.8 Å². The number of benzene rings is 1. The van der Waals surface area contributed by atoms with Gasteiger partial charge in [-0.2, -0.15) is 5.10 Å². The van der Waals surface area contributed by atoms with E-state index in [1.807, 2.05) is 24.3 Å². The van der Waals surface area contributed by atoms with E-state index in [0.29, 0.717) is 56.1 Å². The Hall–Kier alpha value is -2.48. The van der Waals surface area contributed by atoms with Gasteiger partial charge in [-0.15, -0.1) is 0 Å². The number of aromatic nitrogens is 2. The fraction of sp³-hybridized carbons (Fsp3) is 0.621. The Morgan fingerprint density at radius 2 is 1.81 bits per heavy atom. The zero-order chi connectivity index (χ0) is 30.5. The fourth-order valence-corrected chi connectivity index (χ4v) is 7.87. The molecule has 1 saturated carbocycles. The van der Waals surface area contributed by atoms with Crippen molar-refractivity contribution in [3.63, 3.8) is 0 Å². The minimum atomic E-state index is -3.68. The monoisotopic (exact) mass is 669 g/mol. The number of hydrogen-bond acceptors (Lipinski definition) is 9. The lowest BCUT2D eigenvalue weighted by molar-refractivity contribution is 0.0464. The summed E-state index contributed by atoms with van der Waals surface area (Å²) >= 11 is 3.29. The summed E-state index contributed by atoms with van der Waals surface area (Å²) in [6.07, 6.45) is 1.32. The number of amides is 1. The molecule has 0 N–H and O–H groups in total. The Labute approximate surface area is 255 Å². The van der Waals surface area contributed by atoms with Crippen LogP contribution < -0.4 is 4.74 Å². The summed E-state index contributed by atoms with van der Waals surface area (Å²) in [5, 5.41) is 5.23. The van der Waals surface area contributed by atoms with Gasteiger partial charge in [-0.25, -0.2) is 13.2 Å². The predicted octanol–water partition coefficient (Wildman–Crippen LogP) is 3.27. The van der Waals surface area contributed by atoms with Gasteiger partial charge in [0, 0.05) is 24.0 Å². The number of esters is 1. The molecule has 2 aromatic rings. The summed E-state index contributed by atoms with van der Waals surface area (Å²) in [5.41, 5.74) is 1.81. The van der Waals surface area contributed by atoms with Gasteiger partial charge >= 0.3 is 5.97 Å². The molecule has 42 heavy (non-hydrogen) atoms. The van der Waals surface area contributed by atoms with Gasteiger partial charge < -0.3 is 23.8 Å². The number of halogens is 1. The predicted molar refractivity (Wildman–Crippen MR) is 160 cm³/mol. The number of carbonyl (C=O) groups is 2. The second-order valence-electron chi connectivity index (χ2n) is 11.2. The standard InChI is InChI=1S/C29H40BrN3O8S/c1-5-41-27(35)24-23-10-14-32(26(34)25(23)33(31-24)18-21-6-8-22(38-4)9-7-21)19-29(11-12-29)42(36,37)28(2,3)20-40-17-16-39-15-13-30/h6-9H,5,10-20H2,1-4H3. The average Bonchev–Trinajstić information content (AvgIpc) is 3.67. The van der Waals surface area contributed by atoms with Gasteiger partial charge in [-0.05, 0) is 57.7 Å². The van der Waals surface area contributed by atoms with Crippen LogP contribution in [0.1, 0.15) is 65.7 Å². The van der Waals surface area contributed by atoms with E-state index in [-0.39, 0.29) is 44.4 Å². The third kappa shape index (κ3) is 6.68. The maximum atomic E-state index is 14.0. The maximum Gasteiger partial charge on any atom is 0.359 e. The summed E-state index contributed by atoms with van der Waals surface area (Å²) in [7, 11) is -2.10. The first-order valence-electron chi connectivity index (χ1n) is 14.1. The molecule has 0 radical (unpaired) electrons. The van der Waals surface area contributed by atoms with Crippen LogP contribution in [0.5, 0.6) is 5.75 Å². The quantitative estimate of drug-likeness (QED) is 0.150. The van der Waals surface area contributed by atoms with E-state index in [1.165, 1.54) is 4.68 Å². The summed E-state index contributed by atoms with van der Waals surface area (Å²) in [6.45, 7) is 7.13. The Morgan fingerprint density at radius 3 is 2.43 bits per heavy atom. The minimum absolute atomic E-state index is 0.0321. The second-order valence-corrected chi connectivity index (χ2v) is 14.9. The number of nitrogens with zero attached hydrogens (tertiary/aromatic N) is 3. The summed E-state index contributed by atoms with van der Waals surface area (Å²) in [4.78, 5) is 28.3. The molecule has 0 atom stereocenters. The van der Waals surface area contributed by atoms with Crippen LogP contribution in [0.25, 0.3) is 0 Å². The molecule has 1 amide bonds. The Kier molecular flexibility index (Phi) is 10.4. The molecule has 232 valence electrons. The Bertz CT molecular complexity index is 1370. The number of carbonyl (C=O) groups excluding carboxylic acids is 2. The lowest BCUT2D eigenvalue weighted by Gasteiger charge is -2.35. The van der Waals surface area contributed by atoms with Crippen LogP contribution in [-0.4, -0.2) is 103 Å². The molecule has 0 unspecified atom stereocenters. The topological polar surface area (TPSA) is 126 Å². The first-order valence-corrected chi connectivity index (χ1v) is 16.8. The van der Waals surface area contributed by atoms with Crippen molar-refractivity contribution in [3.8, 4) is 5.75 Å². The van der Waals surface area contributed by atoms with E-state index in [0.717, 1.165) is 10.9 Å². The smallest absolute Gasteiger partial charge is 0.359 e. The molecule has 1 fully saturated rings. The van der Waals surface area contributed by atoms with Crippen LogP contribution in [0.2, 0.25) is 0 Å². The third-order valence-electron chi connectivity index (χ3n) is 7.76. The summed E-state index contributed by atoms with van der Waals surface area (Å²) < 4.78 is 48.7. The first kappa shape index (κ1) is 32.4. The molecule has 11 nitrogen and oxygen atoms in total. The lowest BCUT2D eigenvalue weighted by atomic mass is 10.0. The van der Waals surface area contributed by atoms with Crippen LogP contribution in [0, 0.1) is 0 Å². The number of ether oxygens (including phenoxy) is 4. The zero-order valence-corrected chi connectivity index (χ0v) is 27.1. The van der Waals surface area contributed by atoms with E-state index in [4.69, 9.17) is 18.9 Å². The molecule has 2 aliphatic rings. The molecule has 1 aromatic heterocycles. The van der Waals surface area contributed by atoms with Crippen LogP contribution in [0.15, 0.2) is 24.3 Å². The highest BCUT2D eigenvalue weighted by molar-refractivity contribution is 9.09. The number of fused-ring (bicyclic) bond motifs is 1. The van der Waals surface area contributed by atoms with Gasteiger partial charge in [0.1, 0.15) is 11.4 Å². The number of alkyl halides is 1. The second kappa shape index (κ2) is 13.4. The number of rotatable bonds is 16. The molecule has 0 saturated heterocycles. The number of hydrogen-bond donors (Lipinski definition) is 0. The van der Waals surface area contributed by atoms with Crippen molar-refractivity contribution >= 4 is 37.6 Å². The van der Waals surface area contributed by atoms with Crippen LogP contribution in [0.4, 0.5) is 0 Å². The highest BCUT2D eigenvalue weighted by Gasteiger charge is 2.61. The van der Waals surface area contributed by atoms with Crippen molar-refractivity contribution in [1.82, 2.24) is 14.7 Å². The Morgan fingerprint density at radius 1 is 1.12 bits per heavy atom. The van der Waals surface area contributed by atoms with Crippen molar-refractivity contribution < 1.29 is 37.0 Å². The lowest BCUT2D eigenvalue weighted by Crippen LogP contribution is -2.52. The average molecular weight is 671 g/mol. The van der Waals surface area contributed by atoms with E-state index < -0.39 is 25.3 Å². The number of sulfone groups is 1. The van der Waals surface area contributed by atoms with Gasteiger partial charge in [0.25, 0.3) is 5.91 Å². The van der Waals surface area contributed by atoms with E-state index >= 15 is 0 Å². The third-order valence-corrected chi connectivity index (χ3v) is 11.3. The molecule has 0 bridgehead atoms. The van der Waals surface area contributed by atoms with Crippen molar-refractivity contribution in [2.24, 2.45) is 0 Å². The highest BCUT2D eigenvalue weighted by atomic mass is 79.9. The Balaban J connectivity index is 1.54. The minimum Gasteiger partial charge on any atom is -0.497 e. The molecule has 1 aliphatic heterocycles. The van der Waals surface area contributed by atoms with Gasteiger partial charge in [0.05, 0.1) is 56.2 Å². The molecule has 4 rings (SSSR count). The van der Waals surface area contributed by atoms with E-state index in [9.17, 15) is 18.0 Å². The zero-order valence-electron chi connectivity index (χ0n) is 24.7. The van der Waals surface area contributed by atoms with Crippen LogP contribution >= 0.6 is 15.9 Å². The first-order chi connectivity index (χ1) is 20.0. The van der Waals surface area contributed by atoms with E-state index in [2.05, 4.69) is 21.0 Å². The molecule has 0 spiro atoms. The van der Waals surface area contributed by atoms with Crippen molar-refractivity contribution in [1.29, 1.82) is 0 Å². The largest absolute Gasteiger partial charge is 0.497 e. The van der Waals surface area contributed by atoms with Crippen molar-refractivity contribution in [2.45, 2.75) is 56.1 Å².